The molecule has 0 saturated carbocycles. The highest BCUT2D eigenvalue weighted by molar-refractivity contribution is 5.78. The monoisotopic (exact) mass is 382 g/mol. The van der Waals surface area contributed by atoms with E-state index in [0.717, 1.165) is 41.9 Å². The number of likely N-dealkylation sites (tertiary alicyclic amines) is 1. The molecule has 7 nitrogen and oxygen atoms in total. The lowest BCUT2D eigenvalue weighted by Gasteiger charge is -2.08. The van der Waals surface area contributed by atoms with Crippen molar-refractivity contribution in [1.29, 1.82) is 0 Å². The highest BCUT2D eigenvalue weighted by Crippen LogP contribution is 2.29. The van der Waals surface area contributed by atoms with Crippen LogP contribution in [0.25, 0.3) is 11.2 Å². The molecule has 28 heavy (non-hydrogen) atoms. The Bertz CT molecular complexity index is 970. The van der Waals surface area contributed by atoms with Gasteiger partial charge < -0.3 is 10.2 Å². The molecular weight excluding hydrogens is 359 g/mol. The van der Waals surface area contributed by atoms with Gasteiger partial charge in [-0.25, -0.2) is 19.0 Å². The van der Waals surface area contributed by atoms with Crippen molar-refractivity contribution in [3.8, 4) is 0 Å². The first kappa shape index (κ1) is 18.5. The topological polar surface area (TPSA) is 75.9 Å². The maximum Gasteiger partial charge on any atom is 0.224 e. The van der Waals surface area contributed by atoms with Gasteiger partial charge in [0.1, 0.15) is 11.3 Å². The van der Waals surface area contributed by atoms with Crippen LogP contribution in [0.5, 0.6) is 0 Å². The van der Waals surface area contributed by atoms with E-state index in [1.165, 1.54) is 12.1 Å². The summed E-state index contributed by atoms with van der Waals surface area (Å²) >= 11 is 0. The van der Waals surface area contributed by atoms with E-state index in [4.69, 9.17) is 5.10 Å². The summed E-state index contributed by atoms with van der Waals surface area (Å²) in [5, 5.41) is 7.66. The van der Waals surface area contributed by atoms with Crippen molar-refractivity contribution < 1.29 is 9.18 Å². The second-order valence-corrected chi connectivity index (χ2v) is 7.24. The Labute approximate surface area is 162 Å². The Morgan fingerprint density at radius 3 is 2.79 bits per heavy atom. The van der Waals surface area contributed by atoms with Gasteiger partial charge >= 0.3 is 0 Å². The maximum absolute atomic E-state index is 13.0. The van der Waals surface area contributed by atoms with Crippen molar-refractivity contribution in [1.82, 2.24) is 30.0 Å². The predicted octanol–water partition coefficient (Wildman–Crippen LogP) is 1.74. The Kier molecular flexibility index (Phi) is 5.29. The van der Waals surface area contributed by atoms with E-state index < -0.39 is 0 Å². The molecule has 1 saturated heterocycles. The lowest BCUT2D eigenvalue weighted by atomic mass is 10.0. The number of amides is 1. The first-order chi connectivity index (χ1) is 13.6. The molecule has 1 aromatic carbocycles. The Morgan fingerprint density at radius 1 is 1.25 bits per heavy atom. The number of nitrogens with one attached hydrogen (secondary N) is 1. The van der Waals surface area contributed by atoms with Crippen LogP contribution in [0.3, 0.4) is 0 Å². The number of rotatable bonds is 6. The summed E-state index contributed by atoms with van der Waals surface area (Å²) in [6.45, 7) is 2.99. The fourth-order valence-corrected chi connectivity index (χ4v) is 3.67. The van der Waals surface area contributed by atoms with Crippen LogP contribution in [0.15, 0.2) is 36.7 Å². The number of carbonyl (C=O) groups excluding carboxylic acids is 1. The second kappa shape index (κ2) is 8.02. The molecule has 3 heterocycles. The molecule has 1 fully saturated rings. The summed E-state index contributed by atoms with van der Waals surface area (Å²) in [5.74, 6) is -0.0506. The van der Waals surface area contributed by atoms with Crippen molar-refractivity contribution in [2.45, 2.75) is 25.3 Å². The minimum absolute atomic E-state index is 0.105. The van der Waals surface area contributed by atoms with E-state index in [-0.39, 0.29) is 18.1 Å². The SMILES string of the molecule is CN1CC[C@H](c2nn(CCNC(=O)Cc3ccc(F)cc3)c3nccnc23)C1. The average molecular weight is 382 g/mol. The molecule has 0 aliphatic carbocycles. The number of aromatic nitrogens is 4. The van der Waals surface area contributed by atoms with Gasteiger partial charge in [-0.2, -0.15) is 5.10 Å². The van der Waals surface area contributed by atoms with E-state index in [2.05, 4.69) is 27.2 Å². The van der Waals surface area contributed by atoms with Gasteiger partial charge in [0, 0.05) is 31.4 Å². The van der Waals surface area contributed by atoms with Crippen LogP contribution < -0.4 is 5.32 Å². The van der Waals surface area contributed by atoms with Crippen LogP contribution in [0, 0.1) is 5.82 Å². The van der Waals surface area contributed by atoms with Gasteiger partial charge in [-0.05, 0) is 37.7 Å². The molecule has 0 spiro atoms. The zero-order valence-electron chi connectivity index (χ0n) is 15.8. The van der Waals surface area contributed by atoms with Gasteiger partial charge in [-0.1, -0.05) is 12.1 Å². The average Bonchev–Trinajstić information content (AvgIpc) is 3.28. The molecule has 4 rings (SSSR count). The van der Waals surface area contributed by atoms with Crippen LogP contribution in [-0.2, 0) is 17.8 Å². The molecule has 1 amide bonds. The first-order valence-electron chi connectivity index (χ1n) is 9.47. The van der Waals surface area contributed by atoms with E-state index in [0.29, 0.717) is 19.0 Å². The lowest BCUT2D eigenvalue weighted by molar-refractivity contribution is -0.120. The number of nitrogens with zero attached hydrogens (tertiary/aromatic N) is 5. The highest BCUT2D eigenvalue weighted by Gasteiger charge is 2.27. The zero-order valence-corrected chi connectivity index (χ0v) is 15.8. The summed E-state index contributed by atoms with van der Waals surface area (Å²) in [4.78, 5) is 23.4. The fourth-order valence-electron chi connectivity index (χ4n) is 3.67. The molecule has 0 bridgehead atoms. The van der Waals surface area contributed by atoms with Gasteiger partial charge in [0.25, 0.3) is 0 Å². The molecule has 1 aliphatic rings. The molecule has 1 atom stereocenters. The van der Waals surface area contributed by atoms with Crippen molar-refractivity contribution in [3.05, 3.63) is 53.7 Å². The number of fused-ring (bicyclic) bond motifs is 1. The molecular formula is C20H23FN6O. The summed E-state index contributed by atoms with van der Waals surface area (Å²) in [5.41, 5.74) is 3.37. The third-order valence-electron chi connectivity index (χ3n) is 5.10. The van der Waals surface area contributed by atoms with Crippen molar-refractivity contribution in [3.63, 3.8) is 0 Å². The van der Waals surface area contributed by atoms with Crippen LogP contribution in [0.1, 0.15) is 23.6 Å². The number of hydrogen-bond acceptors (Lipinski definition) is 5. The summed E-state index contributed by atoms with van der Waals surface area (Å²) in [6, 6.07) is 5.96. The van der Waals surface area contributed by atoms with Crippen LogP contribution >= 0.6 is 0 Å². The molecule has 2 aromatic heterocycles. The van der Waals surface area contributed by atoms with Gasteiger partial charge in [-0.3, -0.25) is 4.79 Å². The Hall–Kier alpha value is -2.87. The van der Waals surface area contributed by atoms with Gasteiger partial charge in [0.05, 0.1) is 18.7 Å². The van der Waals surface area contributed by atoms with Crippen LogP contribution in [0.4, 0.5) is 4.39 Å². The zero-order chi connectivity index (χ0) is 19.5. The van der Waals surface area contributed by atoms with E-state index in [1.54, 1.807) is 24.5 Å². The van der Waals surface area contributed by atoms with E-state index >= 15 is 0 Å². The van der Waals surface area contributed by atoms with Gasteiger partial charge in [0.15, 0.2) is 5.65 Å². The normalized spacial score (nSPS) is 17.3. The van der Waals surface area contributed by atoms with Crippen molar-refractivity contribution in [2.24, 2.45) is 0 Å². The lowest BCUT2D eigenvalue weighted by Crippen LogP contribution is -2.29. The third kappa shape index (κ3) is 4.01. The highest BCUT2D eigenvalue weighted by atomic mass is 19.1. The number of hydrogen-bond donors (Lipinski definition) is 1. The number of likely N-dealkylation sites (N-methyl/N-ethyl adjacent to an activating group) is 1. The largest absolute Gasteiger partial charge is 0.354 e. The standard InChI is InChI=1S/C20H23FN6O/c1-26-10-6-15(13-26)18-19-20(24-8-7-23-19)27(25-18)11-9-22-17(28)12-14-2-4-16(21)5-3-14/h2-5,7-8,15H,6,9-13H2,1H3,(H,22,28)/t15-/m0/s1. The molecule has 146 valence electrons. The minimum Gasteiger partial charge on any atom is -0.354 e. The number of halogens is 1. The maximum atomic E-state index is 13.0. The Balaban J connectivity index is 1.40. The predicted molar refractivity (Wildman–Crippen MR) is 103 cm³/mol. The van der Waals surface area contributed by atoms with Gasteiger partial charge in [-0.15, -0.1) is 0 Å². The first-order valence-corrected chi connectivity index (χ1v) is 9.47. The van der Waals surface area contributed by atoms with Crippen molar-refractivity contribution in [2.75, 3.05) is 26.7 Å². The molecule has 3 aromatic rings. The number of benzene rings is 1. The van der Waals surface area contributed by atoms with Gasteiger partial charge in [0.2, 0.25) is 5.91 Å². The number of carbonyl (C=O) groups is 1. The molecule has 1 N–H and O–H groups in total. The molecule has 1 aliphatic heterocycles. The summed E-state index contributed by atoms with van der Waals surface area (Å²) in [7, 11) is 2.11. The van der Waals surface area contributed by atoms with E-state index in [9.17, 15) is 9.18 Å². The molecule has 8 heteroatoms. The summed E-state index contributed by atoms with van der Waals surface area (Å²) in [6.07, 6.45) is 4.65. The molecule has 0 radical (unpaired) electrons. The molecule has 0 unspecified atom stereocenters. The van der Waals surface area contributed by atoms with Crippen LogP contribution in [0.2, 0.25) is 0 Å². The fraction of sp³-hybridized carbons (Fsp3) is 0.400. The van der Waals surface area contributed by atoms with E-state index in [1.807, 2.05) is 4.68 Å². The second-order valence-electron chi connectivity index (χ2n) is 7.24. The Morgan fingerprint density at radius 2 is 2.04 bits per heavy atom. The third-order valence-corrected chi connectivity index (χ3v) is 5.10. The van der Waals surface area contributed by atoms with Crippen molar-refractivity contribution >= 4 is 17.1 Å². The van der Waals surface area contributed by atoms with Crippen LogP contribution in [-0.4, -0.2) is 57.2 Å². The minimum atomic E-state index is -0.305. The smallest absolute Gasteiger partial charge is 0.224 e. The summed E-state index contributed by atoms with van der Waals surface area (Å²) < 4.78 is 14.8. The quantitative estimate of drug-likeness (QED) is 0.703.